The van der Waals surface area contributed by atoms with Gasteiger partial charge >= 0.3 is 0 Å². The van der Waals surface area contributed by atoms with Gasteiger partial charge in [0.1, 0.15) is 5.75 Å². The summed E-state index contributed by atoms with van der Waals surface area (Å²) in [6.45, 7) is 0. The van der Waals surface area contributed by atoms with Crippen LogP contribution in [0.15, 0.2) is 28.7 Å². The van der Waals surface area contributed by atoms with Crippen molar-refractivity contribution in [2.24, 2.45) is 0 Å². The maximum Gasteiger partial charge on any atom is 0.269 e. The summed E-state index contributed by atoms with van der Waals surface area (Å²) < 4.78 is 30.2. The summed E-state index contributed by atoms with van der Waals surface area (Å²) in [6.07, 6.45) is 0. The molecule has 0 atom stereocenters. The molecule has 5 heteroatoms. The van der Waals surface area contributed by atoms with Crippen LogP contribution in [0.2, 0.25) is 0 Å². The lowest BCUT2D eigenvalue weighted by Gasteiger charge is -1.97. The Kier molecular flexibility index (Phi) is 2.87. The van der Waals surface area contributed by atoms with Gasteiger partial charge < -0.3 is 0 Å². The van der Waals surface area contributed by atoms with Crippen molar-refractivity contribution in [2.75, 3.05) is 0 Å². The molecule has 1 rings (SSSR count). The van der Waals surface area contributed by atoms with Gasteiger partial charge in [0.15, 0.2) is 0 Å². The maximum atomic E-state index is 10.5. The highest BCUT2D eigenvalue weighted by Crippen LogP contribution is 2.13. The molecular formula is C7H7BrO3S. The largest absolute Gasteiger partial charge is 0.285 e. The van der Waals surface area contributed by atoms with Crippen LogP contribution in [0, 0.1) is 0 Å². The van der Waals surface area contributed by atoms with Crippen LogP contribution in [0.1, 0.15) is 5.56 Å². The lowest BCUT2D eigenvalue weighted by molar-refractivity contribution is 0.482. The van der Waals surface area contributed by atoms with E-state index in [1.54, 1.807) is 24.3 Å². The molecular weight excluding hydrogens is 244 g/mol. The first-order chi connectivity index (χ1) is 5.47. The van der Waals surface area contributed by atoms with Crippen molar-refractivity contribution in [3.63, 3.8) is 0 Å². The fourth-order valence-electron chi connectivity index (χ4n) is 0.837. The van der Waals surface area contributed by atoms with E-state index in [0.29, 0.717) is 5.56 Å². The first-order valence-electron chi connectivity index (χ1n) is 3.17. The monoisotopic (exact) mass is 250 g/mol. The molecule has 0 unspecified atom stereocenters. The number of hydrogen-bond acceptors (Lipinski definition) is 2. The fraction of sp³-hybridized carbons (Fsp3) is 0.143. The molecule has 1 aromatic carbocycles. The van der Waals surface area contributed by atoms with Gasteiger partial charge in [-0.05, 0) is 17.7 Å². The minimum absolute atomic E-state index is 0.341. The van der Waals surface area contributed by atoms with Gasteiger partial charge in [0.2, 0.25) is 0 Å². The molecule has 0 bridgehead atoms. The molecule has 0 aliphatic rings. The molecule has 0 saturated heterocycles. The first kappa shape index (κ1) is 9.70. The van der Waals surface area contributed by atoms with Crippen molar-refractivity contribution in [1.82, 2.24) is 0 Å². The average molecular weight is 251 g/mol. The van der Waals surface area contributed by atoms with Crippen LogP contribution in [-0.2, 0) is 15.9 Å². The molecule has 0 spiro atoms. The lowest BCUT2D eigenvalue weighted by Crippen LogP contribution is -2.00. The molecule has 0 aliphatic carbocycles. The molecule has 3 nitrogen and oxygen atoms in total. The van der Waals surface area contributed by atoms with Gasteiger partial charge in [-0.2, -0.15) is 8.42 Å². The van der Waals surface area contributed by atoms with Crippen LogP contribution in [-0.4, -0.2) is 13.0 Å². The highest BCUT2D eigenvalue weighted by Gasteiger charge is 2.05. The molecule has 0 aliphatic heterocycles. The van der Waals surface area contributed by atoms with Crippen LogP contribution in [0.4, 0.5) is 0 Å². The number of hydrogen-bond donors (Lipinski definition) is 1. The summed E-state index contributed by atoms with van der Waals surface area (Å²) >= 11 is 3.19. The fourth-order valence-corrected chi connectivity index (χ4v) is 1.88. The molecule has 0 amide bonds. The molecule has 0 heterocycles. The predicted octanol–water partition coefficient (Wildman–Crippen LogP) is 1.84. The quantitative estimate of drug-likeness (QED) is 0.816. The van der Waals surface area contributed by atoms with Crippen LogP contribution >= 0.6 is 15.9 Å². The molecule has 0 aromatic heterocycles. The summed E-state index contributed by atoms with van der Waals surface area (Å²) in [4.78, 5) is 0. The molecule has 66 valence electrons. The summed E-state index contributed by atoms with van der Waals surface area (Å²) in [7, 11) is -3.91. The van der Waals surface area contributed by atoms with Gasteiger partial charge in [-0.15, -0.1) is 0 Å². The SMILES string of the molecule is O=S(=O)(O)Cc1cccc(Br)c1. The zero-order valence-corrected chi connectivity index (χ0v) is 8.47. The number of rotatable bonds is 2. The summed E-state index contributed by atoms with van der Waals surface area (Å²) in [5.74, 6) is -0.341. The second-order valence-corrected chi connectivity index (χ2v) is 4.72. The van der Waals surface area contributed by atoms with Crippen molar-refractivity contribution in [3.05, 3.63) is 34.3 Å². The van der Waals surface area contributed by atoms with Crippen molar-refractivity contribution >= 4 is 26.0 Å². The zero-order valence-electron chi connectivity index (χ0n) is 6.07. The molecule has 1 N–H and O–H groups in total. The van der Waals surface area contributed by atoms with Crippen LogP contribution in [0.25, 0.3) is 0 Å². The Morgan fingerprint density at radius 2 is 2.08 bits per heavy atom. The van der Waals surface area contributed by atoms with E-state index in [1.165, 1.54) is 0 Å². The Morgan fingerprint density at radius 3 is 2.58 bits per heavy atom. The van der Waals surface area contributed by atoms with E-state index < -0.39 is 10.1 Å². The average Bonchev–Trinajstić information content (AvgIpc) is 1.82. The van der Waals surface area contributed by atoms with Crippen molar-refractivity contribution in [1.29, 1.82) is 0 Å². The van der Waals surface area contributed by atoms with Gasteiger partial charge in [0, 0.05) is 4.47 Å². The maximum absolute atomic E-state index is 10.5. The van der Waals surface area contributed by atoms with E-state index in [4.69, 9.17) is 4.55 Å². The zero-order chi connectivity index (χ0) is 9.19. The van der Waals surface area contributed by atoms with E-state index in [9.17, 15) is 8.42 Å². The van der Waals surface area contributed by atoms with Gasteiger partial charge in [-0.3, -0.25) is 4.55 Å². The van der Waals surface area contributed by atoms with E-state index in [0.717, 1.165) is 4.47 Å². The standard InChI is InChI=1S/C7H7BrO3S/c8-7-3-1-2-6(4-7)5-12(9,10)11/h1-4H,5H2,(H,9,10,11). The Morgan fingerprint density at radius 1 is 1.42 bits per heavy atom. The molecule has 0 saturated carbocycles. The minimum Gasteiger partial charge on any atom is -0.285 e. The minimum atomic E-state index is -3.91. The van der Waals surface area contributed by atoms with Gasteiger partial charge in [-0.25, -0.2) is 0 Å². The summed E-state index contributed by atoms with van der Waals surface area (Å²) in [5, 5.41) is 0. The van der Waals surface area contributed by atoms with Gasteiger partial charge in [0.05, 0.1) is 0 Å². The second-order valence-electron chi connectivity index (χ2n) is 2.36. The predicted molar refractivity (Wildman–Crippen MR) is 49.4 cm³/mol. The van der Waals surface area contributed by atoms with E-state index in [2.05, 4.69) is 15.9 Å². The molecule has 12 heavy (non-hydrogen) atoms. The Hall–Kier alpha value is -0.390. The first-order valence-corrected chi connectivity index (χ1v) is 5.57. The Balaban J connectivity index is 2.91. The van der Waals surface area contributed by atoms with Gasteiger partial charge in [0.25, 0.3) is 10.1 Å². The number of benzene rings is 1. The summed E-state index contributed by atoms with van der Waals surface area (Å²) in [6, 6.07) is 6.78. The topological polar surface area (TPSA) is 54.4 Å². The highest BCUT2D eigenvalue weighted by molar-refractivity contribution is 9.10. The lowest BCUT2D eigenvalue weighted by atomic mass is 10.2. The number of halogens is 1. The Labute approximate surface area is 79.3 Å². The van der Waals surface area contributed by atoms with Crippen molar-refractivity contribution in [3.8, 4) is 0 Å². The third-order valence-corrected chi connectivity index (χ3v) is 2.43. The third-order valence-electron chi connectivity index (χ3n) is 1.24. The molecule has 0 fully saturated rings. The van der Waals surface area contributed by atoms with Crippen molar-refractivity contribution < 1.29 is 13.0 Å². The molecule has 1 aromatic rings. The second kappa shape index (κ2) is 3.55. The third kappa shape index (κ3) is 3.34. The van der Waals surface area contributed by atoms with Crippen LogP contribution < -0.4 is 0 Å². The van der Waals surface area contributed by atoms with Crippen molar-refractivity contribution in [2.45, 2.75) is 5.75 Å². The molecule has 0 radical (unpaired) electrons. The van der Waals surface area contributed by atoms with E-state index in [-0.39, 0.29) is 5.75 Å². The normalized spacial score (nSPS) is 11.5. The summed E-state index contributed by atoms with van der Waals surface area (Å²) in [5.41, 5.74) is 0.562. The van der Waals surface area contributed by atoms with Crippen LogP contribution in [0.5, 0.6) is 0 Å². The van der Waals surface area contributed by atoms with E-state index >= 15 is 0 Å². The van der Waals surface area contributed by atoms with Gasteiger partial charge in [-0.1, -0.05) is 28.1 Å². The smallest absolute Gasteiger partial charge is 0.269 e. The van der Waals surface area contributed by atoms with Crippen LogP contribution in [0.3, 0.4) is 0 Å². The van der Waals surface area contributed by atoms with E-state index in [1.807, 2.05) is 0 Å². The highest BCUT2D eigenvalue weighted by atomic mass is 79.9. The Bertz CT molecular complexity index is 372.